The molecule has 0 saturated heterocycles. The third kappa shape index (κ3) is 4.19. The second-order valence-electron chi connectivity index (χ2n) is 13.3. The molecule has 0 aliphatic carbocycles. The Balaban J connectivity index is 1.16. The van der Waals surface area contributed by atoms with Gasteiger partial charge in [-0.05, 0) is 93.7 Å². The van der Waals surface area contributed by atoms with Crippen molar-refractivity contribution in [3.63, 3.8) is 0 Å². The first-order valence-electron chi connectivity index (χ1n) is 17.4. The van der Waals surface area contributed by atoms with Crippen LogP contribution in [0, 0.1) is 0 Å². The third-order valence-electron chi connectivity index (χ3n) is 10.5. The maximum Gasteiger partial charge on any atom is 0.145 e. The van der Waals surface area contributed by atoms with Gasteiger partial charge in [0.05, 0.1) is 16.7 Å². The van der Waals surface area contributed by atoms with E-state index >= 15 is 0 Å². The molecule has 2 aromatic heterocycles. The van der Waals surface area contributed by atoms with E-state index in [1.807, 2.05) is 6.07 Å². The van der Waals surface area contributed by atoms with Crippen molar-refractivity contribution in [1.29, 1.82) is 0 Å². The molecule has 0 radical (unpaired) electrons. The van der Waals surface area contributed by atoms with Gasteiger partial charge in [-0.1, -0.05) is 115 Å². The van der Waals surface area contributed by atoms with Crippen LogP contribution in [0.2, 0.25) is 0 Å². The van der Waals surface area contributed by atoms with Gasteiger partial charge in [0.15, 0.2) is 0 Å². The van der Waals surface area contributed by atoms with Crippen LogP contribution >= 0.6 is 0 Å². The number of aromatic nitrogens is 1. The summed E-state index contributed by atoms with van der Waals surface area (Å²) < 4.78 is 9.04. The summed E-state index contributed by atoms with van der Waals surface area (Å²) in [5.74, 6) is 0. The van der Waals surface area contributed by atoms with Crippen LogP contribution in [0.15, 0.2) is 186 Å². The average molecular weight is 651 g/mol. The number of nitrogens with zero attached hydrogens (tertiary/aromatic N) is 2. The van der Waals surface area contributed by atoms with Gasteiger partial charge in [-0.15, -0.1) is 0 Å². The van der Waals surface area contributed by atoms with Crippen LogP contribution in [-0.2, 0) is 0 Å². The fourth-order valence-electron chi connectivity index (χ4n) is 8.24. The van der Waals surface area contributed by atoms with E-state index in [2.05, 4.69) is 185 Å². The van der Waals surface area contributed by atoms with E-state index in [0.29, 0.717) is 0 Å². The van der Waals surface area contributed by atoms with E-state index in [9.17, 15) is 0 Å². The topological polar surface area (TPSA) is 21.3 Å². The predicted molar refractivity (Wildman–Crippen MR) is 215 cm³/mol. The Morgan fingerprint density at radius 3 is 1.78 bits per heavy atom. The number of furan rings is 1. The first-order chi connectivity index (χ1) is 25.3. The number of para-hydroxylation sites is 3. The van der Waals surface area contributed by atoms with Gasteiger partial charge in [-0.2, -0.15) is 0 Å². The van der Waals surface area contributed by atoms with Crippen LogP contribution in [0.25, 0.3) is 81.7 Å². The molecule has 0 bridgehead atoms. The molecule has 2 heterocycles. The van der Waals surface area contributed by atoms with Crippen molar-refractivity contribution in [1.82, 2.24) is 4.57 Å². The summed E-state index contributed by atoms with van der Waals surface area (Å²) in [6.07, 6.45) is 0. The van der Waals surface area contributed by atoms with Crippen molar-refractivity contribution >= 4 is 93.1 Å². The van der Waals surface area contributed by atoms with Gasteiger partial charge in [0.1, 0.15) is 11.2 Å². The highest BCUT2D eigenvalue weighted by Gasteiger charge is 2.21. The first kappa shape index (κ1) is 28.0. The lowest BCUT2D eigenvalue weighted by Gasteiger charge is -2.27. The molecule has 0 atom stereocenters. The van der Waals surface area contributed by atoms with Crippen LogP contribution in [0.4, 0.5) is 17.1 Å². The van der Waals surface area contributed by atoms with E-state index in [1.165, 1.54) is 43.4 Å². The van der Waals surface area contributed by atoms with E-state index in [1.54, 1.807) is 0 Å². The summed E-state index contributed by atoms with van der Waals surface area (Å²) in [6, 6.07) is 65.6. The molecule has 3 nitrogen and oxygen atoms in total. The number of anilines is 3. The van der Waals surface area contributed by atoms with Crippen molar-refractivity contribution in [2.45, 2.75) is 0 Å². The molecule has 11 aromatic rings. The summed E-state index contributed by atoms with van der Waals surface area (Å²) in [7, 11) is 0. The zero-order chi connectivity index (χ0) is 33.5. The fourth-order valence-corrected chi connectivity index (χ4v) is 8.24. The zero-order valence-corrected chi connectivity index (χ0v) is 27.6. The van der Waals surface area contributed by atoms with Crippen molar-refractivity contribution in [2.24, 2.45) is 0 Å². The summed E-state index contributed by atoms with van der Waals surface area (Å²) >= 11 is 0. The normalized spacial score (nSPS) is 11.9. The van der Waals surface area contributed by atoms with Gasteiger partial charge in [0.25, 0.3) is 0 Å². The molecule has 0 fully saturated rings. The summed E-state index contributed by atoms with van der Waals surface area (Å²) in [4.78, 5) is 2.39. The third-order valence-corrected chi connectivity index (χ3v) is 10.5. The van der Waals surface area contributed by atoms with Gasteiger partial charge in [0.2, 0.25) is 0 Å². The average Bonchev–Trinajstić information content (AvgIpc) is 3.74. The number of fused-ring (bicyclic) bond motifs is 11. The highest BCUT2D eigenvalue weighted by atomic mass is 16.3. The SMILES string of the molecule is c1ccc2c(c1)ccc1cc(N(c3ccc(-n4c5ccccc5c5ccccc54)cc3)c3cccc4ccc5c6ccccc6oc5c34)ccc12. The lowest BCUT2D eigenvalue weighted by atomic mass is 10.00. The molecule has 0 amide bonds. The molecule has 11 rings (SSSR count). The molecule has 0 saturated carbocycles. The molecule has 0 unspecified atom stereocenters. The molecular weight excluding hydrogens is 621 g/mol. The van der Waals surface area contributed by atoms with Crippen molar-refractivity contribution in [3.8, 4) is 5.69 Å². The minimum atomic E-state index is 0.898. The lowest BCUT2D eigenvalue weighted by molar-refractivity contribution is 0.672. The molecule has 238 valence electrons. The Bertz CT molecular complexity index is 3090. The second kappa shape index (κ2) is 10.8. The molecule has 0 N–H and O–H groups in total. The van der Waals surface area contributed by atoms with Crippen LogP contribution in [0.3, 0.4) is 0 Å². The van der Waals surface area contributed by atoms with Crippen molar-refractivity contribution < 1.29 is 4.42 Å². The Morgan fingerprint density at radius 1 is 0.392 bits per heavy atom. The Hall–Kier alpha value is -6.84. The molecule has 0 aliphatic rings. The lowest BCUT2D eigenvalue weighted by Crippen LogP contribution is -2.11. The smallest absolute Gasteiger partial charge is 0.145 e. The van der Waals surface area contributed by atoms with Crippen LogP contribution < -0.4 is 4.90 Å². The van der Waals surface area contributed by atoms with Gasteiger partial charge < -0.3 is 13.9 Å². The Labute approximate surface area is 293 Å². The van der Waals surface area contributed by atoms with Gasteiger partial charge in [0, 0.05) is 44.0 Å². The quantitative estimate of drug-likeness (QED) is 0.177. The first-order valence-corrected chi connectivity index (χ1v) is 17.4. The highest BCUT2D eigenvalue weighted by Crippen LogP contribution is 2.45. The monoisotopic (exact) mass is 650 g/mol. The molecule has 3 heteroatoms. The summed E-state index contributed by atoms with van der Waals surface area (Å²) in [6.45, 7) is 0. The maximum absolute atomic E-state index is 6.67. The van der Waals surface area contributed by atoms with Gasteiger partial charge in [-0.3, -0.25) is 0 Å². The fraction of sp³-hybridized carbons (Fsp3) is 0. The van der Waals surface area contributed by atoms with E-state index < -0.39 is 0 Å². The Morgan fingerprint density at radius 2 is 0.980 bits per heavy atom. The summed E-state index contributed by atoms with van der Waals surface area (Å²) in [5, 5.41) is 12.0. The maximum atomic E-state index is 6.67. The standard InChI is InChI=1S/C48H30N2O/c1-2-12-37-31(10-1)20-21-33-30-36(27-29-38(33)37)49(45-18-9-11-32-22-28-42-41-15-5-8-19-46(41)51-48(42)47(32)45)34-23-25-35(26-24-34)50-43-16-6-3-13-39(43)40-14-4-7-17-44(40)50/h1-30H. The molecule has 9 aromatic carbocycles. The number of hydrogen-bond acceptors (Lipinski definition) is 2. The molecule has 0 aliphatic heterocycles. The summed E-state index contributed by atoms with van der Waals surface area (Å²) in [5.41, 5.74) is 8.55. The van der Waals surface area contributed by atoms with E-state index in [-0.39, 0.29) is 0 Å². The highest BCUT2D eigenvalue weighted by molar-refractivity contribution is 6.20. The van der Waals surface area contributed by atoms with Crippen molar-refractivity contribution in [3.05, 3.63) is 182 Å². The largest absolute Gasteiger partial charge is 0.455 e. The minimum Gasteiger partial charge on any atom is -0.455 e. The van der Waals surface area contributed by atoms with Gasteiger partial charge in [-0.25, -0.2) is 0 Å². The Kier molecular flexibility index (Phi) is 5.96. The number of rotatable bonds is 4. The van der Waals surface area contributed by atoms with Crippen molar-refractivity contribution in [2.75, 3.05) is 4.90 Å². The predicted octanol–water partition coefficient (Wildman–Crippen LogP) is 13.6. The number of hydrogen-bond donors (Lipinski definition) is 0. The number of benzene rings is 9. The second-order valence-corrected chi connectivity index (χ2v) is 13.3. The molecule has 51 heavy (non-hydrogen) atoms. The molecular formula is C48H30N2O. The minimum absolute atomic E-state index is 0.898. The van der Waals surface area contributed by atoms with Gasteiger partial charge >= 0.3 is 0 Å². The van der Waals surface area contributed by atoms with Crippen LogP contribution in [-0.4, -0.2) is 4.57 Å². The zero-order valence-electron chi connectivity index (χ0n) is 27.6. The molecule has 0 spiro atoms. The van der Waals surface area contributed by atoms with E-state index in [4.69, 9.17) is 4.42 Å². The van der Waals surface area contributed by atoms with Crippen LogP contribution in [0.1, 0.15) is 0 Å². The van der Waals surface area contributed by atoms with E-state index in [0.717, 1.165) is 55.5 Å². The van der Waals surface area contributed by atoms with Crippen LogP contribution in [0.5, 0.6) is 0 Å².